The van der Waals surface area contributed by atoms with Crippen LogP contribution in [0.25, 0.3) is 0 Å². The number of piperidine rings is 1. The number of nitrogens with zero attached hydrogens (tertiary/aromatic N) is 3. The third-order valence-corrected chi connectivity index (χ3v) is 4.99. The standard InChI is InChI=1S/C16H25N3O2/c1-12-6-8-18(15(10-12)16(20)21)11-13-7-9-19(17-13)14-4-2-3-5-14/h7,9,12,14-15H,2-6,8,10-11H2,1H3,(H,20,21). The van der Waals surface area contributed by atoms with Gasteiger partial charge >= 0.3 is 5.97 Å². The van der Waals surface area contributed by atoms with Crippen LogP contribution in [-0.2, 0) is 11.3 Å². The van der Waals surface area contributed by atoms with E-state index in [1.54, 1.807) is 0 Å². The monoisotopic (exact) mass is 291 g/mol. The Bertz CT molecular complexity index is 493. The van der Waals surface area contributed by atoms with Gasteiger partial charge in [-0.15, -0.1) is 0 Å². The van der Waals surface area contributed by atoms with Crippen molar-refractivity contribution in [3.8, 4) is 0 Å². The molecule has 1 aromatic rings. The molecule has 5 heteroatoms. The minimum Gasteiger partial charge on any atom is -0.480 e. The number of carbonyl (C=O) groups is 1. The van der Waals surface area contributed by atoms with Crippen LogP contribution in [0.15, 0.2) is 12.3 Å². The van der Waals surface area contributed by atoms with E-state index in [9.17, 15) is 9.90 Å². The average molecular weight is 291 g/mol. The molecular formula is C16H25N3O2. The fraction of sp³-hybridized carbons (Fsp3) is 0.750. The van der Waals surface area contributed by atoms with Crippen LogP contribution in [0.5, 0.6) is 0 Å². The predicted molar refractivity (Wildman–Crippen MR) is 80.0 cm³/mol. The van der Waals surface area contributed by atoms with Gasteiger partial charge in [0.1, 0.15) is 6.04 Å². The summed E-state index contributed by atoms with van der Waals surface area (Å²) in [6, 6.07) is 2.25. The van der Waals surface area contributed by atoms with Gasteiger partial charge < -0.3 is 5.11 Å². The number of rotatable bonds is 4. The van der Waals surface area contributed by atoms with Crippen LogP contribution in [-0.4, -0.2) is 38.3 Å². The molecule has 0 spiro atoms. The Morgan fingerprint density at radius 3 is 2.86 bits per heavy atom. The van der Waals surface area contributed by atoms with E-state index in [0.29, 0.717) is 18.5 Å². The van der Waals surface area contributed by atoms with E-state index in [1.807, 2.05) is 0 Å². The fourth-order valence-electron chi connectivity index (χ4n) is 3.68. The first-order valence-corrected chi connectivity index (χ1v) is 8.14. The van der Waals surface area contributed by atoms with Crippen molar-refractivity contribution in [1.29, 1.82) is 0 Å². The summed E-state index contributed by atoms with van der Waals surface area (Å²) < 4.78 is 2.09. The summed E-state index contributed by atoms with van der Waals surface area (Å²) in [5, 5.41) is 14.1. The van der Waals surface area contributed by atoms with E-state index >= 15 is 0 Å². The Hall–Kier alpha value is -1.36. The zero-order valence-electron chi connectivity index (χ0n) is 12.7. The van der Waals surface area contributed by atoms with Crippen LogP contribution in [0.3, 0.4) is 0 Å². The maximum absolute atomic E-state index is 11.4. The van der Waals surface area contributed by atoms with Crippen LogP contribution >= 0.6 is 0 Å². The highest BCUT2D eigenvalue weighted by Crippen LogP contribution is 2.29. The van der Waals surface area contributed by atoms with Crippen LogP contribution in [0.2, 0.25) is 0 Å². The maximum atomic E-state index is 11.4. The number of carboxylic acids is 1. The van der Waals surface area contributed by atoms with Crippen molar-refractivity contribution in [1.82, 2.24) is 14.7 Å². The van der Waals surface area contributed by atoms with E-state index in [1.165, 1.54) is 25.7 Å². The van der Waals surface area contributed by atoms with Gasteiger partial charge in [-0.3, -0.25) is 14.4 Å². The van der Waals surface area contributed by atoms with Crippen molar-refractivity contribution in [3.05, 3.63) is 18.0 Å². The quantitative estimate of drug-likeness (QED) is 0.926. The van der Waals surface area contributed by atoms with Crippen molar-refractivity contribution in [2.75, 3.05) is 6.54 Å². The third-order valence-electron chi connectivity index (χ3n) is 4.99. The highest BCUT2D eigenvalue weighted by atomic mass is 16.4. The molecule has 2 atom stereocenters. The molecule has 1 N–H and O–H groups in total. The van der Waals surface area contributed by atoms with Crippen LogP contribution in [0.1, 0.15) is 57.2 Å². The predicted octanol–water partition coefficient (Wildman–Crippen LogP) is 2.68. The van der Waals surface area contributed by atoms with Crippen molar-refractivity contribution < 1.29 is 9.90 Å². The maximum Gasteiger partial charge on any atom is 0.320 e. The van der Waals surface area contributed by atoms with Crippen molar-refractivity contribution in [2.45, 2.75) is 64.1 Å². The van der Waals surface area contributed by atoms with Gasteiger partial charge in [-0.05, 0) is 44.2 Å². The molecule has 1 aromatic heterocycles. The van der Waals surface area contributed by atoms with Gasteiger partial charge in [0.25, 0.3) is 0 Å². The summed E-state index contributed by atoms with van der Waals surface area (Å²) in [5.41, 5.74) is 1.00. The lowest BCUT2D eigenvalue weighted by atomic mass is 9.92. The minimum absolute atomic E-state index is 0.356. The van der Waals surface area contributed by atoms with E-state index in [2.05, 4.69) is 33.9 Å². The normalized spacial score (nSPS) is 28.0. The van der Waals surface area contributed by atoms with Crippen molar-refractivity contribution >= 4 is 5.97 Å². The zero-order valence-corrected chi connectivity index (χ0v) is 12.7. The topological polar surface area (TPSA) is 58.4 Å². The first kappa shape index (κ1) is 14.6. The lowest BCUT2D eigenvalue weighted by Crippen LogP contribution is -2.46. The van der Waals surface area contributed by atoms with Crippen LogP contribution in [0.4, 0.5) is 0 Å². The summed E-state index contributed by atoms with van der Waals surface area (Å²) in [6.07, 6.45) is 8.93. The second-order valence-electron chi connectivity index (χ2n) is 6.68. The molecule has 3 rings (SSSR count). The lowest BCUT2D eigenvalue weighted by molar-refractivity contribution is -0.145. The molecule has 5 nitrogen and oxygen atoms in total. The van der Waals surface area contributed by atoms with E-state index in [-0.39, 0.29) is 6.04 Å². The molecular weight excluding hydrogens is 266 g/mol. The van der Waals surface area contributed by atoms with Crippen molar-refractivity contribution in [2.24, 2.45) is 5.92 Å². The summed E-state index contributed by atoms with van der Waals surface area (Å²) in [7, 11) is 0. The van der Waals surface area contributed by atoms with E-state index in [4.69, 9.17) is 0 Å². The average Bonchev–Trinajstić information content (AvgIpc) is 3.11. The molecule has 0 radical (unpaired) electrons. The summed E-state index contributed by atoms with van der Waals surface area (Å²) in [5.74, 6) is -0.199. The summed E-state index contributed by atoms with van der Waals surface area (Å²) in [6.45, 7) is 3.65. The molecule has 21 heavy (non-hydrogen) atoms. The second kappa shape index (κ2) is 6.18. The largest absolute Gasteiger partial charge is 0.480 e. The first-order valence-electron chi connectivity index (χ1n) is 8.14. The number of hydrogen-bond donors (Lipinski definition) is 1. The molecule has 1 aliphatic heterocycles. The number of aliphatic carboxylic acids is 1. The Labute approximate surface area is 125 Å². The van der Waals surface area contributed by atoms with Gasteiger partial charge in [0.05, 0.1) is 11.7 Å². The molecule has 2 unspecified atom stereocenters. The number of hydrogen-bond acceptors (Lipinski definition) is 3. The lowest BCUT2D eigenvalue weighted by Gasteiger charge is -2.35. The first-order chi connectivity index (χ1) is 10.1. The smallest absolute Gasteiger partial charge is 0.320 e. The second-order valence-corrected chi connectivity index (χ2v) is 6.68. The van der Waals surface area contributed by atoms with Crippen molar-refractivity contribution in [3.63, 3.8) is 0 Å². The van der Waals surface area contributed by atoms with Crippen LogP contribution in [0, 0.1) is 5.92 Å². The Balaban J connectivity index is 1.66. The minimum atomic E-state index is -0.697. The molecule has 0 amide bonds. The highest BCUT2D eigenvalue weighted by molar-refractivity contribution is 5.73. The highest BCUT2D eigenvalue weighted by Gasteiger charge is 2.32. The third kappa shape index (κ3) is 3.28. The molecule has 2 heterocycles. The Morgan fingerprint density at radius 1 is 1.38 bits per heavy atom. The molecule has 1 saturated heterocycles. The van der Waals surface area contributed by atoms with Crippen LogP contribution < -0.4 is 0 Å². The molecule has 2 aliphatic rings. The van der Waals surface area contributed by atoms with Gasteiger partial charge in [-0.25, -0.2) is 0 Å². The zero-order chi connectivity index (χ0) is 14.8. The van der Waals surface area contributed by atoms with Gasteiger partial charge in [0.15, 0.2) is 0 Å². The van der Waals surface area contributed by atoms with E-state index in [0.717, 1.165) is 25.1 Å². The molecule has 116 valence electrons. The SMILES string of the molecule is CC1CCN(Cc2ccn(C3CCCC3)n2)C(C(=O)O)C1. The molecule has 1 saturated carbocycles. The Kier molecular flexibility index (Phi) is 4.29. The van der Waals surface area contributed by atoms with E-state index < -0.39 is 5.97 Å². The molecule has 0 aromatic carbocycles. The number of carboxylic acid groups (broad SMARTS) is 1. The number of aromatic nitrogens is 2. The molecule has 2 fully saturated rings. The fourth-order valence-corrected chi connectivity index (χ4v) is 3.68. The molecule has 0 bridgehead atoms. The summed E-state index contributed by atoms with van der Waals surface area (Å²) in [4.78, 5) is 13.5. The Morgan fingerprint density at radius 2 is 2.14 bits per heavy atom. The molecule has 1 aliphatic carbocycles. The summed E-state index contributed by atoms with van der Waals surface area (Å²) >= 11 is 0. The van der Waals surface area contributed by atoms with Gasteiger partial charge in [-0.2, -0.15) is 5.10 Å². The van der Waals surface area contributed by atoms with Gasteiger partial charge in [0, 0.05) is 12.7 Å². The number of likely N-dealkylation sites (tertiary alicyclic amines) is 1. The van der Waals surface area contributed by atoms with Gasteiger partial charge in [0.2, 0.25) is 0 Å². The van der Waals surface area contributed by atoms with Gasteiger partial charge in [-0.1, -0.05) is 19.8 Å².